The number of alkyl halides is 2. The summed E-state index contributed by atoms with van der Waals surface area (Å²) in [7, 11) is 0. The Kier molecular flexibility index (Phi) is 4.67. The van der Waals surface area contributed by atoms with Crippen LogP contribution in [-0.4, -0.2) is 22.1 Å². The molecule has 0 aliphatic rings. The molecule has 0 fully saturated rings. The second-order valence-electron chi connectivity index (χ2n) is 3.39. The van der Waals surface area contributed by atoms with Crippen molar-refractivity contribution >= 4 is 49.4 Å². The van der Waals surface area contributed by atoms with Crippen LogP contribution >= 0.6 is 43.5 Å². The molecule has 1 heterocycles. The van der Waals surface area contributed by atoms with E-state index < -0.39 is 0 Å². The number of nitrogens with one attached hydrogen (secondary N) is 1. The first-order valence-electron chi connectivity index (χ1n) is 4.20. The zero-order valence-electron chi connectivity index (χ0n) is 8.02. The third-order valence-electron chi connectivity index (χ3n) is 1.80. The van der Waals surface area contributed by atoms with Gasteiger partial charge in [-0.1, -0.05) is 31.9 Å². The maximum atomic E-state index is 11.7. The van der Waals surface area contributed by atoms with Gasteiger partial charge in [-0.15, -0.1) is 0 Å². The van der Waals surface area contributed by atoms with Crippen LogP contribution in [0.2, 0.25) is 5.22 Å². The minimum atomic E-state index is -0.351. The van der Waals surface area contributed by atoms with Crippen molar-refractivity contribution in [3.8, 4) is 0 Å². The van der Waals surface area contributed by atoms with Gasteiger partial charge < -0.3 is 9.73 Å². The summed E-state index contributed by atoms with van der Waals surface area (Å²) in [6.07, 6.45) is 0. The van der Waals surface area contributed by atoms with Crippen molar-refractivity contribution in [2.75, 3.05) is 10.7 Å². The topological polar surface area (TPSA) is 42.2 Å². The highest BCUT2D eigenvalue weighted by molar-refractivity contribution is 9.09. The third-order valence-corrected chi connectivity index (χ3v) is 4.48. The van der Waals surface area contributed by atoms with Crippen molar-refractivity contribution in [2.45, 2.75) is 12.5 Å². The Morgan fingerprint density at radius 2 is 2.13 bits per heavy atom. The predicted molar refractivity (Wildman–Crippen MR) is 67.2 cm³/mol. The van der Waals surface area contributed by atoms with Gasteiger partial charge in [-0.3, -0.25) is 4.79 Å². The van der Waals surface area contributed by atoms with Gasteiger partial charge in [0.1, 0.15) is 0 Å². The van der Waals surface area contributed by atoms with E-state index in [4.69, 9.17) is 16.0 Å². The van der Waals surface area contributed by atoms with Gasteiger partial charge in [-0.05, 0) is 30.7 Å². The van der Waals surface area contributed by atoms with Gasteiger partial charge in [0.25, 0.3) is 5.91 Å². The first kappa shape index (κ1) is 13.1. The van der Waals surface area contributed by atoms with Crippen LogP contribution in [0.5, 0.6) is 0 Å². The van der Waals surface area contributed by atoms with Crippen LogP contribution < -0.4 is 5.32 Å². The molecule has 0 aliphatic carbocycles. The van der Waals surface area contributed by atoms with Crippen molar-refractivity contribution in [2.24, 2.45) is 0 Å². The number of carbonyl (C=O) groups is 1. The summed E-state index contributed by atoms with van der Waals surface area (Å²) in [5.74, 6) is -0.0589. The van der Waals surface area contributed by atoms with Crippen LogP contribution in [-0.2, 0) is 0 Å². The molecule has 6 heteroatoms. The Bertz CT molecular complexity index is 350. The molecule has 1 N–H and O–H groups in total. The lowest BCUT2D eigenvalue weighted by Crippen LogP contribution is -2.48. The molecule has 1 aromatic heterocycles. The van der Waals surface area contributed by atoms with Crippen molar-refractivity contribution < 1.29 is 9.21 Å². The molecule has 0 aliphatic heterocycles. The monoisotopic (exact) mass is 357 g/mol. The van der Waals surface area contributed by atoms with Crippen LogP contribution in [0.25, 0.3) is 0 Å². The first-order valence-corrected chi connectivity index (χ1v) is 6.82. The zero-order chi connectivity index (χ0) is 11.5. The van der Waals surface area contributed by atoms with E-state index in [0.29, 0.717) is 10.7 Å². The lowest BCUT2D eigenvalue weighted by Gasteiger charge is -2.25. The third kappa shape index (κ3) is 3.50. The Hall–Kier alpha value is -0.0000000000000000555. The molecule has 0 saturated heterocycles. The van der Waals surface area contributed by atoms with Crippen LogP contribution in [0.4, 0.5) is 0 Å². The fourth-order valence-corrected chi connectivity index (χ4v) is 2.23. The molecule has 1 rings (SSSR count). The van der Waals surface area contributed by atoms with Crippen molar-refractivity contribution in [3.63, 3.8) is 0 Å². The minimum Gasteiger partial charge on any atom is -0.440 e. The van der Waals surface area contributed by atoms with E-state index in [0.717, 1.165) is 0 Å². The molecule has 3 nitrogen and oxygen atoms in total. The number of hydrogen-bond donors (Lipinski definition) is 1. The molecule has 1 amide bonds. The van der Waals surface area contributed by atoms with E-state index >= 15 is 0 Å². The quantitative estimate of drug-likeness (QED) is 0.839. The Balaban J connectivity index is 2.71. The molecule has 0 aromatic carbocycles. The van der Waals surface area contributed by atoms with E-state index in [1.54, 1.807) is 6.07 Å². The second kappa shape index (κ2) is 5.37. The number of furan rings is 1. The summed E-state index contributed by atoms with van der Waals surface area (Å²) in [5, 5.41) is 4.33. The van der Waals surface area contributed by atoms with E-state index in [2.05, 4.69) is 37.2 Å². The molecule has 1 aromatic rings. The van der Waals surface area contributed by atoms with Crippen molar-refractivity contribution in [1.82, 2.24) is 5.32 Å². The van der Waals surface area contributed by atoms with Crippen LogP contribution in [0.15, 0.2) is 16.5 Å². The molecule has 0 radical (unpaired) electrons. The van der Waals surface area contributed by atoms with Gasteiger partial charge in [0.05, 0.1) is 5.54 Å². The molecule has 0 atom stereocenters. The van der Waals surface area contributed by atoms with E-state index in [9.17, 15) is 4.79 Å². The molecule has 0 spiro atoms. The van der Waals surface area contributed by atoms with Gasteiger partial charge in [0, 0.05) is 10.7 Å². The van der Waals surface area contributed by atoms with Gasteiger partial charge >= 0.3 is 0 Å². The highest BCUT2D eigenvalue weighted by atomic mass is 79.9. The second-order valence-corrected chi connectivity index (χ2v) is 4.88. The Morgan fingerprint density at radius 3 is 2.53 bits per heavy atom. The van der Waals surface area contributed by atoms with Crippen LogP contribution in [0, 0.1) is 0 Å². The SMILES string of the molecule is CC(CBr)(CBr)NC(=O)c1ccc(Cl)o1. The van der Waals surface area contributed by atoms with Gasteiger partial charge in [0.15, 0.2) is 11.0 Å². The fraction of sp³-hybridized carbons (Fsp3) is 0.444. The highest BCUT2D eigenvalue weighted by Gasteiger charge is 2.25. The molecular formula is C9H10Br2ClNO2. The first-order chi connectivity index (χ1) is 7.00. The molecule has 0 saturated carbocycles. The van der Waals surface area contributed by atoms with Crippen molar-refractivity contribution in [3.05, 3.63) is 23.1 Å². The van der Waals surface area contributed by atoms with E-state index in [1.165, 1.54) is 6.07 Å². The molecular weight excluding hydrogens is 349 g/mol. The number of hydrogen-bond acceptors (Lipinski definition) is 2. The van der Waals surface area contributed by atoms with Gasteiger partial charge in [-0.2, -0.15) is 0 Å². The maximum absolute atomic E-state index is 11.7. The molecule has 84 valence electrons. The standard InChI is InChI=1S/C9H10Br2ClNO2/c1-9(4-10,5-11)13-8(14)6-2-3-7(12)15-6/h2-3H,4-5H2,1H3,(H,13,14). The van der Waals surface area contributed by atoms with E-state index in [1.807, 2.05) is 6.92 Å². The van der Waals surface area contributed by atoms with Gasteiger partial charge in [0.2, 0.25) is 0 Å². The highest BCUT2D eigenvalue weighted by Crippen LogP contribution is 2.16. The molecule has 0 unspecified atom stereocenters. The summed E-state index contributed by atoms with van der Waals surface area (Å²) in [6.45, 7) is 1.92. The predicted octanol–water partition coefficient (Wildman–Crippen LogP) is 3.21. The maximum Gasteiger partial charge on any atom is 0.287 e. The smallest absolute Gasteiger partial charge is 0.287 e. The average molecular weight is 359 g/mol. The Labute approximate surface area is 110 Å². The summed E-state index contributed by atoms with van der Waals surface area (Å²) in [5.41, 5.74) is -0.351. The number of amides is 1. The summed E-state index contributed by atoms with van der Waals surface area (Å²) in [6, 6.07) is 3.08. The molecule has 0 bridgehead atoms. The van der Waals surface area contributed by atoms with Crippen LogP contribution in [0.1, 0.15) is 17.5 Å². The normalized spacial score (nSPS) is 11.5. The minimum absolute atomic E-state index is 0.208. The summed E-state index contributed by atoms with van der Waals surface area (Å²) >= 11 is 12.3. The lowest BCUT2D eigenvalue weighted by atomic mass is 10.1. The largest absolute Gasteiger partial charge is 0.440 e. The zero-order valence-corrected chi connectivity index (χ0v) is 11.9. The lowest BCUT2D eigenvalue weighted by molar-refractivity contribution is 0.0894. The fourth-order valence-electron chi connectivity index (χ4n) is 0.875. The average Bonchev–Trinajstić information content (AvgIpc) is 2.65. The summed E-state index contributed by atoms with van der Waals surface area (Å²) < 4.78 is 5.00. The number of rotatable bonds is 4. The van der Waals surface area contributed by atoms with Crippen molar-refractivity contribution in [1.29, 1.82) is 0 Å². The number of halogens is 3. The van der Waals surface area contributed by atoms with E-state index in [-0.39, 0.29) is 22.4 Å². The summed E-state index contributed by atoms with van der Waals surface area (Å²) in [4.78, 5) is 11.7. The van der Waals surface area contributed by atoms with Gasteiger partial charge in [-0.25, -0.2) is 0 Å². The molecule has 15 heavy (non-hydrogen) atoms. The Morgan fingerprint density at radius 1 is 1.53 bits per heavy atom. The van der Waals surface area contributed by atoms with Crippen LogP contribution in [0.3, 0.4) is 0 Å². The number of carbonyl (C=O) groups excluding carboxylic acids is 1.